The third-order valence-electron chi connectivity index (χ3n) is 2.14. The number of rotatable bonds is 3. The monoisotopic (exact) mass is 199 g/mol. The Hall–Kier alpha value is -0.830. The molecular weight excluding hydrogens is 186 g/mol. The van der Waals surface area contributed by atoms with Gasteiger partial charge in [0.15, 0.2) is 0 Å². The van der Waals surface area contributed by atoms with Gasteiger partial charge in [-0.3, -0.25) is 4.98 Å². The fourth-order valence-corrected chi connectivity index (χ4v) is 1.14. The maximum absolute atomic E-state index is 4.20. The van der Waals surface area contributed by atoms with Gasteiger partial charge < -0.3 is 5.32 Å². The predicted molar refractivity (Wildman–Crippen MR) is 55.2 cm³/mol. The first-order valence-electron chi connectivity index (χ1n) is 4.38. The van der Waals surface area contributed by atoms with E-state index in [4.69, 9.17) is 0 Å². The van der Waals surface area contributed by atoms with E-state index in [9.17, 15) is 0 Å². The third kappa shape index (κ3) is 2.84. The molecule has 0 spiro atoms. The largest absolute Gasteiger partial charge is 0.368 e. The molecule has 1 aromatic heterocycles. The lowest BCUT2D eigenvalue weighted by Crippen LogP contribution is -2.06. The van der Waals surface area contributed by atoms with E-state index in [-0.39, 0.29) is 12.4 Å². The van der Waals surface area contributed by atoms with Crippen molar-refractivity contribution < 1.29 is 0 Å². The molecule has 4 heteroatoms. The van der Waals surface area contributed by atoms with E-state index < -0.39 is 0 Å². The van der Waals surface area contributed by atoms with Crippen LogP contribution in [0.5, 0.6) is 0 Å². The molecule has 1 aliphatic carbocycles. The van der Waals surface area contributed by atoms with Gasteiger partial charge in [-0.2, -0.15) is 0 Å². The molecule has 0 bridgehead atoms. The Balaban J connectivity index is 0.000000845. The summed E-state index contributed by atoms with van der Waals surface area (Å²) < 4.78 is 0. The Morgan fingerprint density at radius 3 is 2.69 bits per heavy atom. The van der Waals surface area contributed by atoms with Crippen molar-refractivity contribution in [3.05, 3.63) is 18.1 Å². The van der Waals surface area contributed by atoms with Gasteiger partial charge in [0.2, 0.25) is 0 Å². The minimum atomic E-state index is 0. The molecule has 0 atom stereocenters. The molecule has 2 rings (SSSR count). The molecule has 1 N–H and O–H groups in total. The van der Waals surface area contributed by atoms with E-state index >= 15 is 0 Å². The molecular formula is C9H14ClN3. The Morgan fingerprint density at radius 2 is 2.08 bits per heavy atom. The van der Waals surface area contributed by atoms with Crippen molar-refractivity contribution in [2.45, 2.75) is 19.8 Å². The summed E-state index contributed by atoms with van der Waals surface area (Å²) in [5, 5.41) is 3.30. The van der Waals surface area contributed by atoms with E-state index in [0.29, 0.717) is 0 Å². The van der Waals surface area contributed by atoms with E-state index in [1.165, 1.54) is 12.8 Å². The molecule has 1 fully saturated rings. The summed E-state index contributed by atoms with van der Waals surface area (Å²) in [5.41, 5.74) is 0.984. The summed E-state index contributed by atoms with van der Waals surface area (Å²) in [5.74, 6) is 1.82. The zero-order chi connectivity index (χ0) is 8.39. The molecule has 72 valence electrons. The molecule has 0 saturated heterocycles. The minimum Gasteiger partial charge on any atom is -0.368 e. The van der Waals surface area contributed by atoms with Gasteiger partial charge in [-0.15, -0.1) is 12.4 Å². The SMILES string of the molecule is Cc1nccnc1NCC1CC1.Cl. The molecule has 0 radical (unpaired) electrons. The second-order valence-electron chi connectivity index (χ2n) is 3.31. The van der Waals surface area contributed by atoms with Crippen LogP contribution in [0.2, 0.25) is 0 Å². The van der Waals surface area contributed by atoms with Gasteiger partial charge in [0.1, 0.15) is 5.82 Å². The van der Waals surface area contributed by atoms with Crippen LogP contribution in [0.15, 0.2) is 12.4 Å². The van der Waals surface area contributed by atoms with Crippen molar-refractivity contribution >= 4 is 18.2 Å². The summed E-state index contributed by atoms with van der Waals surface area (Å²) in [7, 11) is 0. The van der Waals surface area contributed by atoms with Crippen LogP contribution in [0.3, 0.4) is 0 Å². The van der Waals surface area contributed by atoms with Crippen LogP contribution >= 0.6 is 12.4 Å². The van der Waals surface area contributed by atoms with Gasteiger partial charge >= 0.3 is 0 Å². The van der Waals surface area contributed by atoms with Crippen LogP contribution in [0.1, 0.15) is 18.5 Å². The lowest BCUT2D eigenvalue weighted by atomic mass is 10.4. The van der Waals surface area contributed by atoms with Crippen LogP contribution in [-0.2, 0) is 0 Å². The van der Waals surface area contributed by atoms with Gasteiger partial charge in [0, 0.05) is 18.9 Å². The quantitative estimate of drug-likeness (QED) is 0.810. The van der Waals surface area contributed by atoms with Crippen molar-refractivity contribution in [2.24, 2.45) is 5.92 Å². The number of halogens is 1. The summed E-state index contributed by atoms with van der Waals surface area (Å²) in [6, 6.07) is 0. The summed E-state index contributed by atoms with van der Waals surface area (Å²) >= 11 is 0. The van der Waals surface area contributed by atoms with E-state index in [1.54, 1.807) is 12.4 Å². The molecule has 0 aromatic carbocycles. The number of aryl methyl sites for hydroxylation is 1. The average Bonchev–Trinajstić information content (AvgIpc) is 2.86. The predicted octanol–water partition coefficient (Wildman–Crippen LogP) is 2.03. The van der Waals surface area contributed by atoms with Crippen molar-refractivity contribution in [3.63, 3.8) is 0 Å². The highest BCUT2D eigenvalue weighted by Crippen LogP contribution is 2.28. The number of hydrogen-bond acceptors (Lipinski definition) is 3. The first kappa shape index (κ1) is 10.3. The molecule has 3 nitrogen and oxygen atoms in total. The van der Waals surface area contributed by atoms with E-state index in [2.05, 4.69) is 15.3 Å². The average molecular weight is 200 g/mol. The van der Waals surface area contributed by atoms with E-state index in [0.717, 1.165) is 24.0 Å². The zero-order valence-electron chi connectivity index (χ0n) is 7.66. The van der Waals surface area contributed by atoms with Gasteiger partial charge in [-0.1, -0.05) is 0 Å². The number of nitrogens with one attached hydrogen (secondary N) is 1. The highest BCUT2D eigenvalue weighted by atomic mass is 35.5. The van der Waals surface area contributed by atoms with Crippen LogP contribution in [-0.4, -0.2) is 16.5 Å². The topological polar surface area (TPSA) is 37.8 Å². The lowest BCUT2D eigenvalue weighted by molar-refractivity contribution is 0.877. The van der Waals surface area contributed by atoms with Crippen molar-refractivity contribution in [3.8, 4) is 0 Å². The van der Waals surface area contributed by atoms with Crippen molar-refractivity contribution in [1.82, 2.24) is 9.97 Å². The van der Waals surface area contributed by atoms with Gasteiger partial charge in [-0.05, 0) is 25.7 Å². The third-order valence-corrected chi connectivity index (χ3v) is 2.14. The fraction of sp³-hybridized carbons (Fsp3) is 0.556. The highest BCUT2D eigenvalue weighted by Gasteiger charge is 2.20. The maximum Gasteiger partial charge on any atom is 0.147 e. The molecule has 0 amide bonds. The minimum absolute atomic E-state index is 0. The highest BCUT2D eigenvalue weighted by molar-refractivity contribution is 5.85. The van der Waals surface area contributed by atoms with Gasteiger partial charge in [0.25, 0.3) is 0 Å². The van der Waals surface area contributed by atoms with Crippen LogP contribution in [0.4, 0.5) is 5.82 Å². The second kappa shape index (κ2) is 4.42. The standard InChI is InChI=1S/C9H13N3.ClH/c1-7-9(11-5-4-10-7)12-6-8-2-3-8;/h4-5,8H,2-3,6H2,1H3,(H,11,12);1H. The Morgan fingerprint density at radius 1 is 1.38 bits per heavy atom. The van der Waals surface area contributed by atoms with Crippen molar-refractivity contribution in [1.29, 1.82) is 0 Å². The van der Waals surface area contributed by atoms with Crippen LogP contribution in [0.25, 0.3) is 0 Å². The normalized spacial score (nSPS) is 14.8. The second-order valence-corrected chi connectivity index (χ2v) is 3.31. The molecule has 1 aliphatic rings. The number of nitrogens with zero attached hydrogens (tertiary/aromatic N) is 2. The van der Waals surface area contributed by atoms with E-state index in [1.807, 2.05) is 6.92 Å². The maximum atomic E-state index is 4.20. The Bertz CT molecular complexity index is 273. The van der Waals surface area contributed by atoms with Crippen LogP contribution in [0, 0.1) is 12.8 Å². The molecule has 1 aromatic rings. The zero-order valence-corrected chi connectivity index (χ0v) is 8.47. The summed E-state index contributed by atoms with van der Waals surface area (Å²) in [6.45, 7) is 3.03. The van der Waals surface area contributed by atoms with Crippen molar-refractivity contribution in [2.75, 3.05) is 11.9 Å². The lowest BCUT2D eigenvalue weighted by Gasteiger charge is -2.05. The fourth-order valence-electron chi connectivity index (χ4n) is 1.14. The summed E-state index contributed by atoms with van der Waals surface area (Å²) in [4.78, 5) is 8.36. The van der Waals surface area contributed by atoms with Gasteiger partial charge in [0.05, 0.1) is 5.69 Å². The first-order valence-corrected chi connectivity index (χ1v) is 4.38. The summed E-state index contributed by atoms with van der Waals surface area (Å²) in [6.07, 6.45) is 6.18. The molecule has 13 heavy (non-hydrogen) atoms. The molecule has 0 unspecified atom stereocenters. The van der Waals surface area contributed by atoms with Gasteiger partial charge in [-0.25, -0.2) is 4.98 Å². The first-order chi connectivity index (χ1) is 5.86. The number of aromatic nitrogens is 2. The molecule has 1 heterocycles. The number of hydrogen-bond donors (Lipinski definition) is 1. The Labute approximate surface area is 84.4 Å². The number of anilines is 1. The molecule has 0 aliphatic heterocycles. The smallest absolute Gasteiger partial charge is 0.147 e. The molecule has 1 saturated carbocycles. The van der Waals surface area contributed by atoms with Crippen LogP contribution < -0.4 is 5.32 Å². The Kier molecular flexibility index (Phi) is 3.48.